The number of hydrogen-bond acceptors (Lipinski definition) is 6. The summed E-state index contributed by atoms with van der Waals surface area (Å²) in [5, 5.41) is 11.1. The molecule has 1 aromatic heterocycles. The number of ether oxygens (including phenoxy) is 2. The Morgan fingerprint density at radius 2 is 2.00 bits per heavy atom. The summed E-state index contributed by atoms with van der Waals surface area (Å²) in [4.78, 5) is 11.5. The Morgan fingerprint density at radius 3 is 2.79 bits per heavy atom. The number of halogens is 2. The quantitative estimate of drug-likeness (QED) is 0.860. The molecule has 1 aromatic carbocycles. The van der Waals surface area contributed by atoms with E-state index in [0.717, 1.165) is 12.0 Å². The zero-order valence-electron chi connectivity index (χ0n) is 12.5. The SMILES string of the molecule is NC(=O)c1cc(Cl)nnc1NCc1cc(Cl)c2c(c1)OCCCO2. The van der Waals surface area contributed by atoms with Gasteiger partial charge in [0.05, 0.1) is 23.8 Å². The molecule has 0 radical (unpaired) electrons. The van der Waals surface area contributed by atoms with E-state index >= 15 is 0 Å². The van der Waals surface area contributed by atoms with Crippen molar-refractivity contribution in [2.75, 3.05) is 18.5 Å². The molecule has 2 aromatic rings. The van der Waals surface area contributed by atoms with Gasteiger partial charge in [0.2, 0.25) is 0 Å². The van der Waals surface area contributed by atoms with Gasteiger partial charge in [0.25, 0.3) is 5.91 Å². The second kappa shape index (κ2) is 7.11. The van der Waals surface area contributed by atoms with E-state index < -0.39 is 5.91 Å². The smallest absolute Gasteiger partial charge is 0.252 e. The Hall–Kier alpha value is -2.25. The average Bonchev–Trinajstić information content (AvgIpc) is 2.79. The van der Waals surface area contributed by atoms with Crippen molar-refractivity contribution in [3.63, 3.8) is 0 Å². The molecule has 0 spiro atoms. The lowest BCUT2D eigenvalue weighted by Gasteiger charge is -2.13. The van der Waals surface area contributed by atoms with Crippen molar-refractivity contribution in [2.45, 2.75) is 13.0 Å². The molecule has 9 heteroatoms. The van der Waals surface area contributed by atoms with Crippen LogP contribution in [0.15, 0.2) is 18.2 Å². The molecule has 0 atom stereocenters. The maximum atomic E-state index is 11.5. The van der Waals surface area contributed by atoms with Gasteiger partial charge in [-0.05, 0) is 23.8 Å². The lowest BCUT2D eigenvalue weighted by molar-refractivity contribution is 0.100. The van der Waals surface area contributed by atoms with Gasteiger partial charge in [-0.2, -0.15) is 0 Å². The Bertz CT molecular complexity index is 786. The summed E-state index contributed by atoms with van der Waals surface area (Å²) in [6.45, 7) is 1.47. The normalized spacial score (nSPS) is 13.2. The van der Waals surface area contributed by atoms with Crippen molar-refractivity contribution in [2.24, 2.45) is 5.73 Å². The summed E-state index contributed by atoms with van der Waals surface area (Å²) in [5.41, 5.74) is 6.31. The van der Waals surface area contributed by atoms with Gasteiger partial charge >= 0.3 is 0 Å². The number of nitrogens with two attached hydrogens (primary N) is 1. The number of nitrogens with zero attached hydrogens (tertiary/aromatic N) is 2. The van der Waals surface area contributed by atoms with Gasteiger partial charge in [0, 0.05) is 13.0 Å². The number of carbonyl (C=O) groups excluding carboxylic acids is 1. The van der Waals surface area contributed by atoms with E-state index in [9.17, 15) is 4.79 Å². The summed E-state index contributed by atoms with van der Waals surface area (Å²) in [5.74, 6) is 0.734. The van der Waals surface area contributed by atoms with Crippen molar-refractivity contribution < 1.29 is 14.3 Å². The molecule has 1 amide bonds. The molecule has 3 N–H and O–H groups in total. The minimum Gasteiger partial charge on any atom is -0.489 e. The summed E-state index contributed by atoms with van der Waals surface area (Å²) < 4.78 is 11.2. The molecule has 126 valence electrons. The number of fused-ring (bicyclic) bond motifs is 1. The molecule has 0 fully saturated rings. The maximum absolute atomic E-state index is 11.5. The van der Waals surface area contributed by atoms with Crippen LogP contribution in [0.4, 0.5) is 5.82 Å². The summed E-state index contributed by atoms with van der Waals surface area (Å²) in [6, 6.07) is 4.95. The van der Waals surface area contributed by atoms with E-state index in [4.69, 9.17) is 38.4 Å². The third-order valence-corrected chi connectivity index (χ3v) is 3.82. The lowest BCUT2D eigenvalue weighted by Crippen LogP contribution is -2.16. The van der Waals surface area contributed by atoms with Gasteiger partial charge in [-0.3, -0.25) is 4.79 Å². The predicted molar refractivity (Wildman–Crippen MR) is 89.9 cm³/mol. The molecule has 0 unspecified atom stereocenters. The van der Waals surface area contributed by atoms with Crippen molar-refractivity contribution in [3.05, 3.63) is 39.5 Å². The largest absolute Gasteiger partial charge is 0.489 e. The van der Waals surface area contributed by atoms with Gasteiger partial charge in [-0.1, -0.05) is 23.2 Å². The third kappa shape index (κ3) is 3.63. The van der Waals surface area contributed by atoms with Crippen molar-refractivity contribution >= 4 is 34.9 Å². The van der Waals surface area contributed by atoms with E-state index in [2.05, 4.69) is 15.5 Å². The van der Waals surface area contributed by atoms with Crippen molar-refractivity contribution in [3.8, 4) is 11.5 Å². The van der Waals surface area contributed by atoms with Crippen LogP contribution in [0.3, 0.4) is 0 Å². The molecule has 0 bridgehead atoms. The first-order valence-corrected chi connectivity index (χ1v) is 7.95. The number of nitrogens with one attached hydrogen (secondary N) is 1. The zero-order chi connectivity index (χ0) is 17.1. The van der Waals surface area contributed by atoms with Crippen molar-refractivity contribution in [1.29, 1.82) is 0 Å². The van der Waals surface area contributed by atoms with E-state index in [1.54, 1.807) is 6.07 Å². The van der Waals surface area contributed by atoms with Crippen LogP contribution in [0.1, 0.15) is 22.3 Å². The Kier molecular flexibility index (Phi) is 4.92. The van der Waals surface area contributed by atoms with Gasteiger partial charge < -0.3 is 20.5 Å². The highest BCUT2D eigenvalue weighted by Crippen LogP contribution is 2.38. The standard InChI is InChI=1S/C15H14Cl2N4O3/c16-10-4-8(5-11-13(10)24-3-1-2-23-11)7-19-15-9(14(18)22)6-12(17)20-21-15/h4-6H,1-3,7H2,(H2,18,22)(H,19,21). The van der Waals surface area contributed by atoms with E-state index in [-0.39, 0.29) is 16.5 Å². The van der Waals surface area contributed by atoms with Gasteiger partial charge in [-0.25, -0.2) is 0 Å². The Morgan fingerprint density at radius 1 is 1.21 bits per heavy atom. The number of amides is 1. The Balaban J connectivity index is 1.82. The minimum atomic E-state index is -0.647. The van der Waals surface area contributed by atoms with Crippen LogP contribution in [0.2, 0.25) is 10.2 Å². The third-order valence-electron chi connectivity index (χ3n) is 3.35. The fourth-order valence-corrected chi connectivity index (χ4v) is 2.69. The molecule has 24 heavy (non-hydrogen) atoms. The second-order valence-corrected chi connectivity index (χ2v) is 5.90. The average molecular weight is 369 g/mol. The topological polar surface area (TPSA) is 99.4 Å². The van der Waals surface area contributed by atoms with Gasteiger partial charge in [0.15, 0.2) is 22.5 Å². The van der Waals surface area contributed by atoms with Gasteiger partial charge in [0.1, 0.15) is 0 Å². The first-order valence-electron chi connectivity index (χ1n) is 7.19. The number of hydrogen-bond donors (Lipinski definition) is 2. The lowest BCUT2D eigenvalue weighted by atomic mass is 10.2. The highest BCUT2D eigenvalue weighted by Gasteiger charge is 2.16. The van der Waals surface area contributed by atoms with Crippen LogP contribution in [0.5, 0.6) is 11.5 Å². The van der Waals surface area contributed by atoms with Crippen LogP contribution in [0, 0.1) is 0 Å². The first-order chi connectivity index (χ1) is 11.5. The fourth-order valence-electron chi connectivity index (χ4n) is 2.26. The first kappa shape index (κ1) is 16.6. The van der Waals surface area contributed by atoms with Gasteiger partial charge in [-0.15, -0.1) is 10.2 Å². The molecule has 7 nitrogen and oxygen atoms in total. The van der Waals surface area contributed by atoms with Crippen molar-refractivity contribution in [1.82, 2.24) is 10.2 Å². The fraction of sp³-hybridized carbons (Fsp3) is 0.267. The van der Waals surface area contributed by atoms with Crippen LogP contribution < -0.4 is 20.5 Å². The molecule has 0 aliphatic carbocycles. The maximum Gasteiger partial charge on any atom is 0.252 e. The minimum absolute atomic E-state index is 0.0907. The molecule has 3 rings (SSSR count). The highest BCUT2D eigenvalue weighted by molar-refractivity contribution is 6.32. The number of anilines is 1. The van der Waals surface area contributed by atoms with Crippen LogP contribution in [-0.4, -0.2) is 29.3 Å². The Labute approximate surface area is 148 Å². The highest BCUT2D eigenvalue weighted by atomic mass is 35.5. The summed E-state index contributed by atoms with van der Waals surface area (Å²) in [6.07, 6.45) is 0.793. The second-order valence-electron chi connectivity index (χ2n) is 5.10. The molecular formula is C15H14Cl2N4O3. The van der Waals surface area contributed by atoms with E-state index in [1.165, 1.54) is 6.07 Å². The predicted octanol–water partition coefficient (Wildman–Crippen LogP) is 2.66. The molecule has 0 saturated heterocycles. The van der Waals surface area contributed by atoms with Crippen LogP contribution in [0.25, 0.3) is 0 Å². The number of benzene rings is 1. The summed E-state index contributed by atoms with van der Waals surface area (Å²) in [7, 11) is 0. The zero-order valence-corrected chi connectivity index (χ0v) is 14.0. The number of aromatic nitrogens is 2. The summed E-state index contributed by atoms with van der Waals surface area (Å²) >= 11 is 12.0. The number of primary amides is 1. The molecule has 2 heterocycles. The van der Waals surface area contributed by atoms with E-state index in [1.807, 2.05) is 6.07 Å². The van der Waals surface area contributed by atoms with Crippen LogP contribution in [-0.2, 0) is 6.54 Å². The number of carbonyl (C=O) groups is 1. The molecular weight excluding hydrogens is 355 g/mol. The monoisotopic (exact) mass is 368 g/mol. The number of rotatable bonds is 4. The molecule has 0 saturated carbocycles. The molecule has 1 aliphatic heterocycles. The molecule has 1 aliphatic rings. The van der Waals surface area contributed by atoms with Crippen LogP contribution >= 0.6 is 23.2 Å². The van der Waals surface area contributed by atoms with E-state index in [0.29, 0.717) is 36.3 Å².